The molecule has 1 saturated carbocycles. The van der Waals surface area contributed by atoms with Gasteiger partial charge in [-0.3, -0.25) is 14.4 Å². The fourth-order valence-corrected chi connectivity index (χ4v) is 13.5. The number of benzene rings is 5. The number of aromatic nitrogens is 2. The van der Waals surface area contributed by atoms with Crippen LogP contribution in [0.3, 0.4) is 0 Å². The topological polar surface area (TPSA) is 196 Å². The van der Waals surface area contributed by atoms with E-state index in [9.17, 15) is 30.0 Å². The average molecular weight is 1150 g/mol. The number of phenolic OH excluding ortho intramolecular Hbond substituents is 3. The average Bonchev–Trinajstić information content (AvgIpc) is 2.11. The number of nitrogens with zero attached hydrogens (tertiary/aromatic N) is 2. The number of ketones is 2. The van der Waals surface area contributed by atoms with Gasteiger partial charge in [-0.2, -0.15) is 0 Å². The van der Waals surface area contributed by atoms with Crippen molar-refractivity contribution in [3.63, 3.8) is 0 Å². The Morgan fingerprint density at radius 3 is 2.36 bits per heavy atom. The summed E-state index contributed by atoms with van der Waals surface area (Å²) in [5, 5.41) is 51.9. The summed E-state index contributed by atoms with van der Waals surface area (Å²) in [4.78, 5) is 47.0. The second kappa shape index (κ2) is 24.8. The predicted molar refractivity (Wildman–Crippen MR) is 329 cm³/mol. The normalized spacial score (nSPS) is 21.6. The molecule has 4 heterocycles. The Morgan fingerprint density at radius 1 is 0.800 bits per heavy atom. The van der Waals surface area contributed by atoms with Crippen LogP contribution in [0.1, 0.15) is 129 Å². The molecule has 14 heteroatoms. The van der Waals surface area contributed by atoms with E-state index in [-0.39, 0.29) is 77.2 Å². The van der Waals surface area contributed by atoms with Gasteiger partial charge in [-0.05, 0) is 156 Å². The number of carbonyl (C=O) groups excluding carboxylic acids is 3. The number of hydrogen-bond donors (Lipinski definition) is 6. The van der Waals surface area contributed by atoms with Gasteiger partial charge in [0.05, 0.1) is 24.4 Å². The number of methoxy groups -OCH3 is 1. The zero-order chi connectivity index (χ0) is 59.4. The number of anilines is 1. The van der Waals surface area contributed by atoms with Crippen LogP contribution < -0.4 is 19.7 Å². The van der Waals surface area contributed by atoms with Gasteiger partial charge in [0.1, 0.15) is 40.7 Å². The molecular weight excluding hydrogens is 1070 g/mol. The number of aromatic amines is 1. The Hall–Kier alpha value is -8.75. The maximum Gasteiger partial charge on any atom is 0.302 e. The van der Waals surface area contributed by atoms with Crippen molar-refractivity contribution in [1.82, 2.24) is 14.9 Å². The van der Waals surface area contributed by atoms with Crippen molar-refractivity contribution >= 4 is 34.0 Å². The second-order valence-electron chi connectivity index (χ2n) is 23.8. The fourth-order valence-electron chi connectivity index (χ4n) is 13.5. The van der Waals surface area contributed by atoms with Crippen LogP contribution in [-0.2, 0) is 44.0 Å². The zero-order valence-electron chi connectivity index (χ0n) is 48.9. The highest BCUT2D eigenvalue weighted by Crippen LogP contribution is 2.49. The lowest BCUT2D eigenvalue weighted by atomic mass is 9.66. The summed E-state index contributed by atoms with van der Waals surface area (Å²) < 4.78 is 20.5. The molecule has 0 radical (unpaired) electrons. The van der Waals surface area contributed by atoms with Crippen LogP contribution in [0, 0.1) is 11.3 Å². The van der Waals surface area contributed by atoms with Crippen molar-refractivity contribution in [1.29, 1.82) is 0 Å². The number of fused-ring (bicyclic) bond motifs is 3. The highest BCUT2D eigenvalue weighted by Gasteiger charge is 2.39. The molecule has 14 nitrogen and oxygen atoms in total. The molecule has 0 saturated heterocycles. The number of phenols is 3. The highest BCUT2D eigenvalue weighted by molar-refractivity contribution is 5.98. The van der Waals surface area contributed by atoms with Crippen LogP contribution in [0.5, 0.6) is 34.5 Å². The predicted octanol–water partition coefficient (Wildman–Crippen LogP) is 13.4. The molecule has 2 aliphatic heterocycles. The molecule has 1 fully saturated rings. The molecule has 0 unspecified atom stereocenters. The molecule has 5 aromatic carbocycles. The van der Waals surface area contributed by atoms with Gasteiger partial charge >= 0.3 is 5.97 Å². The summed E-state index contributed by atoms with van der Waals surface area (Å²) >= 11 is 0. The van der Waals surface area contributed by atoms with Crippen molar-refractivity contribution in [2.75, 3.05) is 25.1 Å². The van der Waals surface area contributed by atoms with Crippen molar-refractivity contribution in [3.05, 3.63) is 209 Å². The Balaban J connectivity index is 1.08. The first kappa shape index (κ1) is 58.0. The molecule has 1 spiro atoms. The van der Waals surface area contributed by atoms with E-state index in [0.717, 1.165) is 74.1 Å². The van der Waals surface area contributed by atoms with Gasteiger partial charge in [-0.1, -0.05) is 98.7 Å². The quantitative estimate of drug-likeness (QED) is 0.0635. The molecule has 5 atom stereocenters. The van der Waals surface area contributed by atoms with Crippen LogP contribution in [0.4, 0.5) is 5.69 Å². The van der Waals surface area contributed by atoms with Crippen LogP contribution >= 0.6 is 0 Å². The number of carbonyl (C=O) groups is 3. The number of H-pyrrole nitrogens is 1. The first-order chi connectivity index (χ1) is 41.0. The van der Waals surface area contributed by atoms with Crippen molar-refractivity contribution in [3.8, 4) is 34.5 Å². The lowest BCUT2D eigenvalue weighted by Gasteiger charge is -2.38. The van der Waals surface area contributed by atoms with Gasteiger partial charge in [0.25, 0.3) is 0 Å². The number of dihydropyridines is 1. The van der Waals surface area contributed by atoms with E-state index in [1.807, 2.05) is 71.6 Å². The second-order valence-corrected chi connectivity index (χ2v) is 23.8. The van der Waals surface area contributed by atoms with Crippen molar-refractivity contribution in [2.45, 2.75) is 121 Å². The SMILES string of the molecule is COc1cc([C@@H]2CC(=O)C[C@H](OC(C)=O)CC[C@@]3(C=CC=C[C@@H]3C)Cc3c[nH]cc3C[C@@H](c3cccc(O)c3)C3=CCNC(=C3)N(CCC(C)=O)c3ccc(C4(O)CCCC4)c4cn2cc34)cc(O)c1Oc1cc(O)cc(Cc2ccccc2)c1. The van der Waals surface area contributed by atoms with E-state index in [1.165, 1.54) is 20.1 Å². The third-order valence-corrected chi connectivity index (χ3v) is 17.9. The molecule has 4 bridgehead atoms. The number of ether oxygens (including phenoxy) is 3. The number of esters is 1. The Bertz CT molecular complexity index is 3750. The Morgan fingerprint density at radius 2 is 1.60 bits per heavy atom. The maximum atomic E-state index is 15.2. The van der Waals surface area contributed by atoms with Gasteiger partial charge in [0.2, 0.25) is 5.75 Å². The number of hydrogen-bond acceptors (Lipinski definition) is 12. The maximum absolute atomic E-state index is 15.2. The molecule has 11 rings (SSSR count). The third kappa shape index (κ3) is 12.9. The summed E-state index contributed by atoms with van der Waals surface area (Å²) in [5.41, 5.74) is 6.51. The number of aromatic hydroxyl groups is 3. The van der Waals surface area contributed by atoms with Gasteiger partial charge in [-0.15, -0.1) is 0 Å². The number of Topliss-reactive ketones (excluding diaryl/α,β-unsaturated/α-hetero) is 2. The fraction of sp³-hybridized carbons (Fsp3) is 0.338. The molecule has 4 aliphatic rings. The van der Waals surface area contributed by atoms with Crippen LogP contribution in [-0.4, -0.2) is 73.8 Å². The van der Waals surface area contributed by atoms with E-state index < -0.39 is 29.1 Å². The minimum atomic E-state index is -1.14. The van der Waals surface area contributed by atoms with Crippen LogP contribution in [0.15, 0.2) is 170 Å². The minimum absolute atomic E-state index is 0.00721. The Labute approximate surface area is 496 Å². The van der Waals surface area contributed by atoms with Gasteiger partial charge in [0, 0.05) is 86.8 Å². The van der Waals surface area contributed by atoms with Crippen molar-refractivity contribution in [2.24, 2.45) is 11.3 Å². The van der Waals surface area contributed by atoms with E-state index >= 15 is 4.79 Å². The lowest BCUT2D eigenvalue weighted by molar-refractivity contribution is -0.148. The summed E-state index contributed by atoms with van der Waals surface area (Å²) in [6, 6.07) is 28.8. The lowest BCUT2D eigenvalue weighted by Crippen LogP contribution is -2.36. The molecule has 2 aromatic heterocycles. The molecule has 6 N–H and O–H groups in total. The summed E-state index contributed by atoms with van der Waals surface area (Å²) in [6.45, 7) is 5.96. The third-order valence-electron chi connectivity index (χ3n) is 17.9. The molecular formula is C71H76N4O10. The number of allylic oxidation sites excluding steroid dienone is 6. The smallest absolute Gasteiger partial charge is 0.302 e. The van der Waals surface area contributed by atoms with Crippen LogP contribution in [0.25, 0.3) is 10.8 Å². The van der Waals surface area contributed by atoms with E-state index in [1.54, 1.807) is 37.3 Å². The minimum Gasteiger partial charge on any atom is -0.508 e. The van der Waals surface area contributed by atoms with E-state index in [0.29, 0.717) is 63.6 Å². The number of aliphatic hydroxyl groups is 1. The molecule has 7 aromatic rings. The monoisotopic (exact) mass is 1140 g/mol. The number of rotatable bonds is 12. The van der Waals surface area contributed by atoms with Crippen molar-refractivity contribution < 1.29 is 49.0 Å². The molecule has 85 heavy (non-hydrogen) atoms. The first-order valence-corrected chi connectivity index (χ1v) is 29.8. The van der Waals surface area contributed by atoms with Gasteiger partial charge in [-0.25, -0.2) is 0 Å². The molecule has 2 aliphatic carbocycles. The molecule has 0 amide bonds. The zero-order valence-corrected chi connectivity index (χ0v) is 48.9. The summed E-state index contributed by atoms with van der Waals surface area (Å²) in [7, 11) is 1.47. The largest absolute Gasteiger partial charge is 0.508 e. The molecule has 440 valence electrons. The van der Waals surface area contributed by atoms with E-state index in [2.05, 4.69) is 77.0 Å². The summed E-state index contributed by atoms with van der Waals surface area (Å²) in [5.74, 6) is 0.307. The first-order valence-electron chi connectivity index (χ1n) is 29.8. The Kier molecular flexibility index (Phi) is 17.0. The summed E-state index contributed by atoms with van der Waals surface area (Å²) in [6.07, 6.45) is 25.9. The standard InChI is InChI=1S/C71H76N4O10/c1-45-13-8-9-23-70(45)26-20-58(84-47(3)77)37-57(80)39-65(52-34-66(81)69(67(35-52)83-4)85-59-31-49(30-56(79)38-59)29-48-14-6-5-7-15-48)74-43-61-62(44-74)64(19-18-63(61)71(82)24-10-11-25-71)75(28-22-46(2)76)68-36-51(21-27-73-68)60(50-16-12-17-55(78)32-50)33-53-41-72-42-54(53)40-70/h5-9,12-19,21,23,30-32,34-36,38,41-45,58,60,65,72-73,78-79,81-82H,10-11,20,22,24-29,33,37,39-40H2,1-4H3/t45-,58+,60-,65-,70-/m0/s1. The van der Waals surface area contributed by atoms with E-state index in [4.69, 9.17) is 14.2 Å². The van der Waals surface area contributed by atoms with Gasteiger partial charge in [0.15, 0.2) is 11.5 Å². The highest BCUT2D eigenvalue weighted by atomic mass is 16.5. The number of nitrogens with one attached hydrogen (secondary N) is 2. The van der Waals surface area contributed by atoms with Crippen LogP contribution in [0.2, 0.25) is 0 Å². The van der Waals surface area contributed by atoms with Gasteiger partial charge < -0.3 is 54.4 Å².